The third kappa shape index (κ3) is 3.91. The Kier molecular flexibility index (Phi) is 5.44. The van der Waals surface area contributed by atoms with Crippen LogP contribution in [0.2, 0.25) is 5.02 Å². The van der Waals surface area contributed by atoms with Crippen LogP contribution in [0, 0.1) is 12.8 Å². The summed E-state index contributed by atoms with van der Waals surface area (Å²) in [4.78, 5) is 6.83. The Bertz CT molecular complexity index is 794. The summed E-state index contributed by atoms with van der Waals surface area (Å²) in [5.41, 5.74) is 0.583. The minimum atomic E-state index is -3.55. The van der Waals surface area contributed by atoms with Crippen LogP contribution in [0.25, 0.3) is 0 Å². The van der Waals surface area contributed by atoms with E-state index < -0.39 is 10.0 Å². The SMILES string of the molecule is Cc1c(Cl)cccc1S(=O)(=O)NCC1CCCN(c2nccs2)C1. The van der Waals surface area contributed by atoms with Crippen molar-refractivity contribution in [2.24, 2.45) is 5.92 Å². The lowest BCUT2D eigenvalue weighted by Gasteiger charge is -2.32. The molecule has 1 saturated heterocycles. The summed E-state index contributed by atoms with van der Waals surface area (Å²) < 4.78 is 27.9. The largest absolute Gasteiger partial charge is 0.348 e. The zero-order valence-corrected chi connectivity index (χ0v) is 15.8. The highest BCUT2D eigenvalue weighted by Crippen LogP contribution is 2.26. The van der Waals surface area contributed by atoms with Gasteiger partial charge in [-0.1, -0.05) is 17.7 Å². The number of sulfonamides is 1. The number of hydrogen-bond donors (Lipinski definition) is 1. The van der Waals surface area contributed by atoms with Crippen LogP contribution in [0.3, 0.4) is 0 Å². The number of piperidine rings is 1. The Morgan fingerprint density at radius 3 is 3.04 bits per heavy atom. The van der Waals surface area contributed by atoms with Crippen molar-refractivity contribution in [3.63, 3.8) is 0 Å². The third-order valence-corrected chi connectivity index (χ3v) is 7.09. The van der Waals surface area contributed by atoms with E-state index in [0.717, 1.165) is 31.1 Å². The lowest BCUT2D eigenvalue weighted by molar-refractivity contribution is 0.410. The molecule has 0 amide bonds. The molecule has 1 unspecified atom stereocenters. The average Bonchev–Trinajstić information content (AvgIpc) is 3.10. The number of nitrogens with one attached hydrogen (secondary N) is 1. The van der Waals surface area contributed by atoms with Gasteiger partial charge in [-0.25, -0.2) is 18.1 Å². The zero-order chi connectivity index (χ0) is 17.2. The van der Waals surface area contributed by atoms with E-state index in [4.69, 9.17) is 11.6 Å². The van der Waals surface area contributed by atoms with Gasteiger partial charge in [0.1, 0.15) is 0 Å². The van der Waals surface area contributed by atoms with Gasteiger partial charge in [-0.05, 0) is 43.4 Å². The van der Waals surface area contributed by atoms with Gasteiger partial charge in [0.25, 0.3) is 0 Å². The van der Waals surface area contributed by atoms with E-state index in [1.807, 2.05) is 5.38 Å². The standard InChI is InChI=1S/C16H20ClN3O2S2/c1-12-14(17)5-2-6-15(12)24(21,22)19-10-13-4-3-8-20(11-13)16-18-7-9-23-16/h2,5-7,9,13,19H,3-4,8,10-11H2,1H3. The number of thiazole rings is 1. The van der Waals surface area contributed by atoms with Crippen LogP contribution < -0.4 is 9.62 Å². The first-order valence-electron chi connectivity index (χ1n) is 7.86. The van der Waals surface area contributed by atoms with Crippen LogP contribution in [0.1, 0.15) is 18.4 Å². The van der Waals surface area contributed by atoms with Crippen LogP contribution >= 0.6 is 22.9 Å². The van der Waals surface area contributed by atoms with Gasteiger partial charge in [-0.2, -0.15) is 0 Å². The van der Waals surface area contributed by atoms with Crippen molar-refractivity contribution in [2.75, 3.05) is 24.5 Å². The van der Waals surface area contributed by atoms with Crippen LogP contribution in [-0.2, 0) is 10.0 Å². The lowest BCUT2D eigenvalue weighted by atomic mass is 9.99. The molecule has 1 fully saturated rings. The van der Waals surface area contributed by atoms with Crippen molar-refractivity contribution in [3.05, 3.63) is 40.4 Å². The zero-order valence-electron chi connectivity index (χ0n) is 13.4. The molecule has 1 aromatic carbocycles. The van der Waals surface area contributed by atoms with E-state index in [-0.39, 0.29) is 10.8 Å². The quantitative estimate of drug-likeness (QED) is 0.857. The monoisotopic (exact) mass is 385 g/mol. The van der Waals surface area contributed by atoms with Gasteiger partial charge < -0.3 is 4.90 Å². The van der Waals surface area contributed by atoms with Crippen molar-refractivity contribution in [1.29, 1.82) is 0 Å². The predicted molar refractivity (Wildman–Crippen MR) is 98.4 cm³/mol. The Hall–Kier alpha value is -1.15. The molecule has 0 spiro atoms. The molecule has 8 heteroatoms. The van der Waals surface area contributed by atoms with Gasteiger partial charge in [0, 0.05) is 36.2 Å². The van der Waals surface area contributed by atoms with Gasteiger partial charge in [0.05, 0.1) is 4.90 Å². The molecular weight excluding hydrogens is 366 g/mol. The summed E-state index contributed by atoms with van der Waals surface area (Å²) in [6.45, 7) is 3.95. The van der Waals surface area contributed by atoms with Gasteiger partial charge in [0.15, 0.2) is 5.13 Å². The molecular formula is C16H20ClN3O2S2. The topological polar surface area (TPSA) is 62.3 Å². The molecule has 1 atom stereocenters. The molecule has 1 N–H and O–H groups in total. The molecule has 0 bridgehead atoms. The Labute approximate surface area is 151 Å². The van der Waals surface area contributed by atoms with Gasteiger partial charge in [0.2, 0.25) is 10.0 Å². The highest BCUT2D eigenvalue weighted by Gasteiger charge is 2.24. The molecule has 3 rings (SSSR count). The highest BCUT2D eigenvalue weighted by molar-refractivity contribution is 7.89. The maximum atomic E-state index is 12.6. The normalized spacial score (nSPS) is 18.8. The van der Waals surface area contributed by atoms with Crippen molar-refractivity contribution < 1.29 is 8.42 Å². The van der Waals surface area contributed by atoms with Crippen molar-refractivity contribution in [2.45, 2.75) is 24.7 Å². The third-order valence-electron chi connectivity index (χ3n) is 4.28. The Morgan fingerprint density at radius 1 is 1.46 bits per heavy atom. The summed E-state index contributed by atoms with van der Waals surface area (Å²) in [5, 5.41) is 3.43. The first-order valence-corrected chi connectivity index (χ1v) is 10.6. The van der Waals surface area contributed by atoms with E-state index in [2.05, 4.69) is 14.6 Å². The molecule has 0 aliphatic carbocycles. The number of benzene rings is 1. The first kappa shape index (κ1) is 17.7. The minimum Gasteiger partial charge on any atom is -0.348 e. The molecule has 130 valence electrons. The number of aromatic nitrogens is 1. The summed E-state index contributed by atoms with van der Waals surface area (Å²) in [7, 11) is -3.55. The summed E-state index contributed by atoms with van der Waals surface area (Å²) in [6, 6.07) is 4.95. The van der Waals surface area contributed by atoms with Gasteiger partial charge in [-0.3, -0.25) is 0 Å². The van der Waals surface area contributed by atoms with Gasteiger partial charge >= 0.3 is 0 Å². The van der Waals surface area contributed by atoms with E-state index in [0.29, 0.717) is 17.1 Å². The average molecular weight is 386 g/mol. The number of nitrogens with zero attached hydrogens (tertiary/aromatic N) is 2. The highest BCUT2D eigenvalue weighted by atomic mass is 35.5. The molecule has 1 aliphatic heterocycles. The Balaban J connectivity index is 1.65. The minimum absolute atomic E-state index is 0.252. The van der Waals surface area contributed by atoms with Crippen LogP contribution in [0.15, 0.2) is 34.7 Å². The van der Waals surface area contributed by atoms with Crippen LogP contribution in [0.5, 0.6) is 0 Å². The fourth-order valence-electron chi connectivity index (χ4n) is 2.96. The molecule has 0 radical (unpaired) electrons. The van der Waals surface area contributed by atoms with Crippen molar-refractivity contribution in [1.82, 2.24) is 9.71 Å². The Morgan fingerprint density at radius 2 is 2.29 bits per heavy atom. The van der Waals surface area contributed by atoms with E-state index >= 15 is 0 Å². The molecule has 24 heavy (non-hydrogen) atoms. The molecule has 0 saturated carbocycles. The fraction of sp³-hybridized carbons (Fsp3) is 0.438. The predicted octanol–water partition coefficient (Wildman–Crippen LogP) is 3.30. The maximum Gasteiger partial charge on any atom is 0.240 e. The number of hydrogen-bond acceptors (Lipinski definition) is 5. The smallest absolute Gasteiger partial charge is 0.240 e. The maximum absolute atomic E-state index is 12.6. The van der Waals surface area contributed by atoms with Gasteiger partial charge in [-0.15, -0.1) is 11.3 Å². The molecule has 5 nitrogen and oxygen atoms in total. The summed E-state index contributed by atoms with van der Waals surface area (Å²) in [6.07, 6.45) is 3.86. The van der Waals surface area contributed by atoms with E-state index in [1.54, 1.807) is 42.7 Å². The second kappa shape index (κ2) is 7.39. The molecule has 2 aromatic rings. The van der Waals surface area contributed by atoms with Crippen molar-refractivity contribution >= 4 is 38.1 Å². The number of halogens is 1. The number of rotatable bonds is 5. The number of anilines is 1. The van der Waals surface area contributed by atoms with Crippen molar-refractivity contribution in [3.8, 4) is 0 Å². The fourth-order valence-corrected chi connectivity index (χ4v) is 5.25. The second-order valence-corrected chi connectivity index (χ2v) is 9.00. The summed E-state index contributed by atoms with van der Waals surface area (Å²) >= 11 is 7.66. The second-order valence-electron chi connectivity index (χ2n) is 5.98. The van der Waals surface area contributed by atoms with Crippen LogP contribution in [0.4, 0.5) is 5.13 Å². The van der Waals surface area contributed by atoms with E-state index in [1.165, 1.54) is 0 Å². The molecule has 2 heterocycles. The molecule has 1 aromatic heterocycles. The van der Waals surface area contributed by atoms with Crippen LogP contribution in [-0.4, -0.2) is 33.0 Å². The first-order chi connectivity index (χ1) is 11.5. The molecule has 1 aliphatic rings. The van der Waals surface area contributed by atoms with E-state index in [9.17, 15) is 8.42 Å². The summed E-state index contributed by atoms with van der Waals surface area (Å²) in [5.74, 6) is 0.275. The lowest BCUT2D eigenvalue weighted by Crippen LogP contribution is -2.41.